The molecule has 1 fully saturated rings. The van der Waals surface area contributed by atoms with Crippen molar-refractivity contribution in [3.63, 3.8) is 0 Å². The molecule has 2 aromatic carbocycles. The fraction of sp³-hybridized carbons (Fsp3) is 0.227. The molecule has 0 spiro atoms. The van der Waals surface area contributed by atoms with Gasteiger partial charge in [0.1, 0.15) is 5.82 Å². The highest BCUT2D eigenvalue weighted by Gasteiger charge is 2.33. The molecule has 5 rings (SSSR count). The second-order valence-corrected chi connectivity index (χ2v) is 7.90. The number of rotatable bonds is 3. The zero-order valence-corrected chi connectivity index (χ0v) is 16.4. The number of carbonyl (C=O) groups excluding carboxylic acids is 1. The fourth-order valence-electron chi connectivity index (χ4n) is 4.14. The third-order valence-electron chi connectivity index (χ3n) is 5.74. The molecular weight excluding hydrogens is 412 g/mol. The van der Waals surface area contributed by atoms with Crippen LogP contribution in [0.1, 0.15) is 22.0 Å². The van der Waals surface area contributed by atoms with Gasteiger partial charge < -0.3 is 19.8 Å². The number of likely N-dealkylation sites (N-methyl/N-ethyl adjacent to an activating group) is 1. The molecule has 0 aliphatic carbocycles. The van der Waals surface area contributed by atoms with Gasteiger partial charge in [0.05, 0.1) is 22.9 Å². The summed E-state index contributed by atoms with van der Waals surface area (Å²) >= 11 is 0. The molecule has 0 unspecified atom stereocenters. The Morgan fingerprint density at radius 1 is 1.13 bits per heavy atom. The molecule has 0 bridgehead atoms. The van der Waals surface area contributed by atoms with E-state index in [0.717, 1.165) is 12.1 Å². The van der Waals surface area contributed by atoms with Crippen LogP contribution in [0.2, 0.25) is 0 Å². The molecule has 2 aromatic heterocycles. The summed E-state index contributed by atoms with van der Waals surface area (Å²) in [7, 11) is 1.92. The van der Waals surface area contributed by atoms with Crippen molar-refractivity contribution < 1.29 is 22.4 Å². The highest BCUT2D eigenvalue weighted by molar-refractivity contribution is 6.15. The van der Waals surface area contributed by atoms with Crippen LogP contribution in [0.15, 0.2) is 48.8 Å². The van der Waals surface area contributed by atoms with E-state index in [1.165, 1.54) is 18.2 Å². The van der Waals surface area contributed by atoms with Gasteiger partial charge in [-0.15, -0.1) is 0 Å². The number of nitrogens with zero attached hydrogens (tertiary/aromatic N) is 2. The summed E-state index contributed by atoms with van der Waals surface area (Å²) in [5.41, 5.74) is 0.931. The molecule has 31 heavy (non-hydrogen) atoms. The Bertz CT molecular complexity index is 1310. The number of benzene rings is 2. The number of fused-ring (bicyclic) bond motifs is 2. The van der Waals surface area contributed by atoms with E-state index in [-0.39, 0.29) is 11.6 Å². The Hall–Kier alpha value is -3.33. The Morgan fingerprint density at radius 3 is 2.61 bits per heavy atom. The van der Waals surface area contributed by atoms with Gasteiger partial charge in [-0.25, -0.2) is 4.39 Å². The topological polar surface area (TPSA) is 53.1 Å². The molecule has 1 aliphatic rings. The summed E-state index contributed by atoms with van der Waals surface area (Å²) < 4.78 is 55.2. The second-order valence-electron chi connectivity index (χ2n) is 7.90. The van der Waals surface area contributed by atoms with Crippen LogP contribution in [-0.2, 0) is 6.18 Å². The quantitative estimate of drug-likeness (QED) is 0.449. The minimum absolute atomic E-state index is 0.0141. The lowest BCUT2D eigenvalue weighted by Crippen LogP contribution is -2.44. The second kappa shape index (κ2) is 6.84. The van der Waals surface area contributed by atoms with Crippen LogP contribution in [-0.4, -0.2) is 40.5 Å². The maximum absolute atomic E-state index is 13.6. The monoisotopic (exact) mass is 430 g/mol. The molecule has 0 radical (unpaired) electrons. The Morgan fingerprint density at radius 2 is 1.90 bits per heavy atom. The first kappa shape index (κ1) is 19.6. The van der Waals surface area contributed by atoms with E-state index in [0.29, 0.717) is 40.6 Å². The van der Waals surface area contributed by atoms with Crippen molar-refractivity contribution in [3.8, 4) is 0 Å². The standard InChI is InChI=1S/C22H18F4N4O/c1-29-9-14(10-29)30-11-17(15-4-2-12(6-20(15)30)22(24,25)26)21(31)28-19-8-27-18-5-3-13(23)7-16(18)19/h2-8,11,14,27H,9-10H2,1H3,(H,28,31). The maximum Gasteiger partial charge on any atom is 0.416 e. The molecule has 0 saturated carbocycles. The Kier molecular flexibility index (Phi) is 4.33. The molecule has 1 aliphatic heterocycles. The van der Waals surface area contributed by atoms with Crippen LogP contribution in [0.5, 0.6) is 0 Å². The first-order valence-corrected chi connectivity index (χ1v) is 9.69. The van der Waals surface area contributed by atoms with Gasteiger partial charge in [0.25, 0.3) is 5.91 Å². The highest BCUT2D eigenvalue weighted by Crippen LogP contribution is 2.35. The molecule has 1 amide bonds. The normalized spacial score (nSPS) is 15.5. The van der Waals surface area contributed by atoms with E-state index >= 15 is 0 Å². The molecular formula is C22H18F4N4O. The van der Waals surface area contributed by atoms with Crippen molar-refractivity contribution in [2.24, 2.45) is 0 Å². The number of aromatic nitrogens is 2. The van der Waals surface area contributed by atoms with Crippen molar-refractivity contribution in [2.75, 3.05) is 25.5 Å². The number of alkyl halides is 3. The molecule has 160 valence electrons. The highest BCUT2D eigenvalue weighted by atomic mass is 19.4. The number of hydrogen-bond acceptors (Lipinski definition) is 2. The van der Waals surface area contributed by atoms with E-state index in [1.54, 1.807) is 23.0 Å². The van der Waals surface area contributed by atoms with Gasteiger partial charge in [-0.3, -0.25) is 4.79 Å². The van der Waals surface area contributed by atoms with Crippen LogP contribution in [0.25, 0.3) is 21.8 Å². The lowest BCUT2D eigenvalue weighted by atomic mass is 10.1. The van der Waals surface area contributed by atoms with Crippen molar-refractivity contribution in [1.82, 2.24) is 14.5 Å². The number of likely N-dealkylation sites (tertiary alicyclic amines) is 1. The van der Waals surface area contributed by atoms with Crippen LogP contribution in [0, 0.1) is 5.82 Å². The van der Waals surface area contributed by atoms with E-state index < -0.39 is 23.5 Å². The first-order valence-electron chi connectivity index (χ1n) is 9.69. The van der Waals surface area contributed by atoms with Crippen molar-refractivity contribution >= 4 is 33.4 Å². The van der Waals surface area contributed by atoms with Crippen LogP contribution < -0.4 is 5.32 Å². The van der Waals surface area contributed by atoms with Gasteiger partial charge >= 0.3 is 6.18 Å². The molecule has 1 saturated heterocycles. The summed E-state index contributed by atoms with van der Waals surface area (Å²) in [6.07, 6.45) is -1.31. The van der Waals surface area contributed by atoms with Gasteiger partial charge in [0, 0.05) is 47.3 Å². The number of amides is 1. The number of anilines is 1. The summed E-state index contributed by atoms with van der Waals surface area (Å²) in [6, 6.07) is 7.58. The van der Waals surface area contributed by atoms with Crippen LogP contribution >= 0.6 is 0 Å². The molecule has 4 aromatic rings. The fourth-order valence-corrected chi connectivity index (χ4v) is 4.14. The zero-order valence-electron chi connectivity index (χ0n) is 16.4. The van der Waals surface area contributed by atoms with Crippen molar-refractivity contribution in [3.05, 3.63) is 65.7 Å². The maximum atomic E-state index is 13.6. The average Bonchev–Trinajstić information content (AvgIpc) is 3.26. The lowest BCUT2D eigenvalue weighted by molar-refractivity contribution is -0.137. The number of H-pyrrole nitrogens is 1. The number of aromatic amines is 1. The largest absolute Gasteiger partial charge is 0.416 e. The smallest absolute Gasteiger partial charge is 0.359 e. The molecule has 0 atom stereocenters. The lowest BCUT2D eigenvalue weighted by Gasteiger charge is -2.37. The van der Waals surface area contributed by atoms with Crippen LogP contribution in [0.3, 0.4) is 0 Å². The van der Waals surface area contributed by atoms with Gasteiger partial charge in [-0.05, 0) is 37.4 Å². The van der Waals surface area contributed by atoms with E-state index in [4.69, 9.17) is 0 Å². The first-order chi connectivity index (χ1) is 14.7. The predicted octanol–water partition coefficient (Wildman–Crippen LogP) is 5.02. The molecule has 2 N–H and O–H groups in total. The summed E-state index contributed by atoms with van der Waals surface area (Å²) in [6.45, 7) is 1.37. The third-order valence-corrected chi connectivity index (χ3v) is 5.74. The number of carbonyl (C=O) groups is 1. The minimum Gasteiger partial charge on any atom is -0.359 e. The molecule has 3 heterocycles. The Balaban J connectivity index is 1.57. The SMILES string of the molecule is CN1CC(n2cc(C(=O)Nc3c[nH]c4ccc(F)cc34)c3ccc(C(F)(F)F)cc32)C1. The summed E-state index contributed by atoms with van der Waals surface area (Å²) in [5, 5.41) is 3.71. The van der Waals surface area contributed by atoms with Gasteiger partial charge in [0.2, 0.25) is 0 Å². The summed E-state index contributed by atoms with van der Waals surface area (Å²) in [4.78, 5) is 18.1. The number of halogens is 4. The third kappa shape index (κ3) is 3.34. The average molecular weight is 430 g/mol. The molecule has 9 heteroatoms. The van der Waals surface area contributed by atoms with Gasteiger partial charge in [-0.1, -0.05) is 6.07 Å². The Labute approximate surface area is 174 Å². The predicted molar refractivity (Wildman–Crippen MR) is 110 cm³/mol. The van der Waals surface area contributed by atoms with E-state index in [2.05, 4.69) is 10.3 Å². The zero-order chi connectivity index (χ0) is 21.9. The van der Waals surface area contributed by atoms with E-state index in [9.17, 15) is 22.4 Å². The minimum atomic E-state index is -4.48. The number of hydrogen-bond donors (Lipinski definition) is 2. The van der Waals surface area contributed by atoms with E-state index in [1.807, 2.05) is 11.9 Å². The van der Waals surface area contributed by atoms with Crippen molar-refractivity contribution in [1.29, 1.82) is 0 Å². The summed E-state index contributed by atoms with van der Waals surface area (Å²) in [5.74, 6) is -0.908. The van der Waals surface area contributed by atoms with Gasteiger partial charge in [0.15, 0.2) is 0 Å². The molecule has 5 nitrogen and oxygen atoms in total. The van der Waals surface area contributed by atoms with Crippen LogP contribution in [0.4, 0.5) is 23.2 Å². The van der Waals surface area contributed by atoms with Crippen molar-refractivity contribution in [2.45, 2.75) is 12.2 Å². The van der Waals surface area contributed by atoms with Gasteiger partial charge in [-0.2, -0.15) is 13.2 Å². The number of nitrogens with one attached hydrogen (secondary N) is 2.